The van der Waals surface area contributed by atoms with Gasteiger partial charge in [0.05, 0.1) is 0 Å². The number of allylic oxidation sites excluding steroid dienone is 4. The maximum absolute atomic E-state index is 9.67. The van der Waals surface area contributed by atoms with Crippen LogP contribution in [0.2, 0.25) is 0 Å². The molecule has 2 rings (SSSR count). The zero-order valence-corrected chi connectivity index (χ0v) is 11.6. The van der Waals surface area contributed by atoms with E-state index in [2.05, 4.69) is 38.2 Å². The predicted molar refractivity (Wildman–Crippen MR) is 61.0 cm³/mol. The molecule has 0 aromatic rings. The first-order valence-electron chi connectivity index (χ1n) is 4.89. The van der Waals surface area contributed by atoms with Gasteiger partial charge in [0.1, 0.15) is 0 Å². The smallest absolute Gasteiger partial charge is 1.00 e. The summed E-state index contributed by atoms with van der Waals surface area (Å²) >= 11 is 0. The van der Waals surface area contributed by atoms with Gasteiger partial charge in [-0.15, -0.1) is 0 Å². The summed E-state index contributed by atoms with van der Waals surface area (Å²) in [6.07, 6.45) is 10.5. The summed E-state index contributed by atoms with van der Waals surface area (Å²) in [6.45, 7) is 10.0. The molecule has 0 nitrogen and oxygen atoms in total. The molecule has 0 heterocycles. The summed E-state index contributed by atoms with van der Waals surface area (Å²) < 4.78 is 29.0. The quantitative estimate of drug-likeness (QED) is 0.270. The van der Waals surface area contributed by atoms with Crippen molar-refractivity contribution in [2.24, 2.45) is 11.8 Å². The van der Waals surface area contributed by atoms with Gasteiger partial charge in [0, 0.05) is 0 Å². The molecule has 0 N–H and O–H groups in total. The van der Waals surface area contributed by atoms with Gasteiger partial charge in [0.15, 0.2) is 0 Å². The van der Waals surface area contributed by atoms with Gasteiger partial charge in [-0.05, 0) is 18.3 Å². The summed E-state index contributed by atoms with van der Waals surface area (Å²) in [5.74, 6) is 1.62. The van der Waals surface area contributed by atoms with Gasteiger partial charge in [-0.1, -0.05) is 24.3 Å². The van der Waals surface area contributed by atoms with Crippen LogP contribution in [0.4, 0.5) is 12.9 Å². The molecule has 0 saturated carbocycles. The standard InChI is InChI=1S/C7H8.2C2H5.BF3.FH.Rh/c1-2-7-4-3-6(1)5-7;2*1-2;2-1(3)4;;/h1-4,6-7H,5H2;2*1H2,2H3;;1H;/q;2*-1;;;+3/p-1. The minimum Gasteiger partial charge on any atom is -1.00 e. The fourth-order valence-electron chi connectivity index (χ4n) is 1.33. The molecule has 0 aromatic heterocycles. The molecule has 0 spiro atoms. The third kappa shape index (κ3) is 15.9. The molecule has 17 heavy (non-hydrogen) atoms. The Morgan fingerprint density at radius 1 is 0.882 bits per heavy atom. The molecule has 2 aliphatic carbocycles. The van der Waals surface area contributed by atoms with Crippen molar-refractivity contribution < 1.29 is 37.1 Å². The molecule has 0 unspecified atom stereocenters. The number of fused-ring (bicyclic) bond motifs is 2. The second kappa shape index (κ2) is 18.3. The van der Waals surface area contributed by atoms with E-state index in [9.17, 15) is 12.9 Å². The van der Waals surface area contributed by atoms with Crippen LogP contribution in [0.25, 0.3) is 0 Å². The van der Waals surface area contributed by atoms with Crippen molar-refractivity contribution >= 4 is 7.54 Å². The summed E-state index contributed by atoms with van der Waals surface area (Å²) in [7, 11) is -3.67. The fourth-order valence-corrected chi connectivity index (χ4v) is 1.33. The van der Waals surface area contributed by atoms with Gasteiger partial charge in [-0.25, -0.2) is 0 Å². The van der Waals surface area contributed by atoms with Gasteiger partial charge >= 0.3 is 27.0 Å². The third-order valence-electron chi connectivity index (χ3n) is 1.76. The minimum absolute atomic E-state index is 0. The van der Waals surface area contributed by atoms with E-state index in [-0.39, 0.29) is 24.2 Å². The molecule has 102 valence electrons. The summed E-state index contributed by atoms with van der Waals surface area (Å²) in [6, 6.07) is 0. The Bertz CT molecular complexity index is 156. The van der Waals surface area contributed by atoms with E-state index < -0.39 is 7.54 Å². The van der Waals surface area contributed by atoms with Gasteiger partial charge in [0.2, 0.25) is 0 Å². The zero-order chi connectivity index (χ0) is 12.3. The molecule has 0 aromatic carbocycles. The monoisotopic (exact) mass is 340 g/mol. The maximum atomic E-state index is 9.67. The minimum atomic E-state index is -3.67. The molecule has 0 atom stereocenters. The Labute approximate surface area is 115 Å². The van der Waals surface area contributed by atoms with Crippen LogP contribution in [0.15, 0.2) is 24.3 Å². The van der Waals surface area contributed by atoms with E-state index in [0.717, 1.165) is 11.8 Å². The molecular formula is C11H18BF4Rh. The van der Waals surface area contributed by atoms with Crippen LogP contribution in [0.1, 0.15) is 20.3 Å². The van der Waals surface area contributed by atoms with Crippen LogP contribution in [-0.4, -0.2) is 7.54 Å². The third-order valence-corrected chi connectivity index (χ3v) is 1.76. The largest absolute Gasteiger partial charge is 3.00 e. The maximum Gasteiger partial charge on any atom is 3.00 e. The van der Waals surface area contributed by atoms with E-state index in [1.807, 2.05) is 0 Å². The molecular weight excluding hydrogens is 322 g/mol. The second-order valence-corrected chi connectivity index (χ2v) is 2.58. The van der Waals surface area contributed by atoms with Crippen molar-refractivity contribution in [1.29, 1.82) is 0 Å². The number of hydrogen-bond acceptors (Lipinski definition) is 0. The van der Waals surface area contributed by atoms with Crippen molar-refractivity contribution in [3.63, 3.8) is 0 Å². The van der Waals surface area contributed by atoms with Crippen LogP contribution >= 0.6 is 0 Å². The Morgan fingerprint density at radius 3 is 1.12 bits per heavy atom. The first kappa shape index (κ1) is 25.7. The number of rotatable bonds is 0. The van der Waals surface area contributed by atoms with Gasteiger partial charge in [-0.2, -0.15) is 13.8 Å². The van der Waals surface area contributed by atoms with E-state index in [4.69, 9.17) is 0 Å². The van der Waals surface area contributed by atoms with Crippen LogP contribution < -0.4 is 4.70 Å². The Hall–Kier alpha value is -0.112. The Balaban J connectivity index is -0.0000000757. The molecule has 6 heteroatoms. The first-order chi connectivity index (χ1) is 7.18. The Morgan fingerprint density at radius 2 is 1.06 bits per heavy atom. The molecule has 2 bridgehead atoms. The number of hydrogen-bond donors (Lipinski definition) is 0. The van der Waals surface area contributed by atoms with E-state index in [1.165, 1.54) is 6.42 Å². The molecule has 0 saturated heterocycles. The van der Waals surface area contributed by atoms with Crippen LogP contribution in [0.3, 0.4) is 0 Å². The molecule has 0 fully saturated rings. The SMILES string of the molecule is C1=CC2C=CC1C2.FB(F)F.[CH2-]C.[CH2-]C.[F-].[Rh+3]. The summed E-state index contributed by atoms with van der Waals surface area (Å²) in [4.78, 5) is 0. The van der Waals surface area contributed by atoms with Crippen molar-refractivity contribution in [3.8, 4) is 0 Å². The topological polar surface area (TPSA) is 0 Å². The first-order valence-corrected chi connectivity index (χ1v) is 4.89. The van der Waals surface area contributed by atoms with E-state index in [0.29, 0.717) is 0 Å². The van der Waals surface area contributed by atoms with Crippen LogP contribution in [0.5, 0.6) is 0 Å². The summed E-state index contributed by atoms with van der Waals surface area (Å²) in [5.41, 5.74) is 0. The molecule has 0 aliphatic heterocycles. The van der Waals surface area contributed by atoms with Crippen molar-refractivity contribution in [1.82, 2.24) is 0 Å². The van der Waals surface area contributed by atoms with Gasteiger partial charge in [-0.3, -0.25) is 12.9 Å². The summed E-state index contributed by atoms with van der Waals surface area (Å²) in [5, 5.41) is 0. The van der Waals surface area contributed by atoms with Crippen molar-refractivity contribution in [2.75, 3.05) is 0 Å². The van der Waals surface area contributed by atoms with Gasteiger partial charge < -0.3 is 18.6 Å². The van der Waals surface area contributed by atoms with Crippen LogP contribution in [-0.2, 0) is 19.5 Å². The molecule has 2 aliphatic rings. The Kier molecular flexibility index (Phi) is 27.6. The fraction of sp³-hybridized carbons (Fsp3) is 0.455. The zero-order valence-electron chi connectivity index (χ0n) is 10.0. The van der Waals surface area contributed by atoms with E-state index >= 15 is 0 Å². The average molecular weight is 340 g/mol. The second-order valence-electron chi connectivity index (χ2n) is 2.58. The van der Waals surface area contributed by atoms with Crippen LogP contribution in [0, 0.1) is 25.7 Å². The number of halogens is 4. The van der Waals surface area contributed by atoms with Crippen molar-refractivity contribution in [3.05, 3.63) is 38.2 Å². The van der Waals surface area contributed by atoms with Gasteiger partial charge in [0.25, 0.3) is 0 Å². The predicted octanol–water partition coefficient (Wildman–Crippen LogP) is 1.31. The normalized spacial score (nSPS) is 20.2. The van der Waals surface area contributed by atoms with E-state index in [1.54, 1.807) is 13.8 Å². The molecule has 0 amide bonds. The molecule has 0 radical (unpaired) electrons. The average Bonchev–Trinajstić information content (AvgIpc) is 2.86. The van der Waals surface area contributed by atoms with Crippen molar-refractivity contribution in [2.45, 2.75) is 20.3 Å².